The molecular formula is C19H20N2O4S. The lowest BCUT2D eigenvalue weighted by molar-refractivity contribution is -0.144. The highest BCUT2D eigenvalue weighted by Gasteiger charge is 2.10. The number of ether oxygens (including phenoxy) is 1. The molecule has 0 aliphatic rings. The number of amides is 2. The van der Waals surface area contributed by atoms with Crippen LogP contribution in [0.5, 0.6) is 0 Å². The number of aryl methyl sites for hydroxylation is 1. The van der Waals surface area contributed by atoms with Gasteiger partial charge in [-0.25, -0.2) is 0 Å². The fourth-order valence-corrected chi connectivity index (χ4v) is 2.66. The third-order valence-corrected chi connectivity index (χ3v) is 4.08. The summed E-state index contributed by atoms with van der Waals surface area (Å²) < 4.78 is 4.89. The molecule has 26 heavy (non-hydrogen) atoms. The number of nitrogens with one attached hydrogen (secondary N) is 2. The molecule has 0 bridgehead atoms. The third kappa shape index (κ3) is 7.40. The normalized spacial score (nSPS) is 10.0. The maximum Gasteiger partial charge on any atom is 0.316 e. The van der Waals surface area contributed by atoms with E-state index in [1.54, 1.807) is 30.3 Å². The molecule has 2 aromatic carbocycles. The molecule has 0 spiro atoms. The molecule has 0 heterocycles. The lowest BCUT2D eigenvalue weighted by atomic mass is 10.2. The number of thioether (sulfide) groups is 1. The van der Waals surface area contributed by atoms with Crippen LogP contribution in [0.1, 0.15) is 5.56 Å². The van der Waals surface area contributed by atoms with Crippen LogP contribution < -0.4 is 10.6 Å². The van der Waals surface area contributed by atoms with Gasteiger partial charge >= 0.3 is 5.97 Å². The van der Waals surface area contributed by atoms with E-state index in [4.69, 9.17) is 4.74 Å². The number of rotatable bonds is 8. The number of carbonyl (C=O) groups is 3. The molecule has 0 aliphatic carbocycles. The van der Waals surface area contributed by atoms with Crippen LogP contribution in [0.4, 0.5) is 11.4 Å². The monoisotopic (exact) mass is 372 g/mol. The molecule has 2 rings (SSSR count). The Labute approximate surface area is 156 Å². The van der Waals surface area contributed by atoms with Gasteiger partial charge in [0.25, 0.3) is 5.91 Å². The summed E-state index contributed by atoms with van der Waals surface area (Å²) in [7, 11) is 0. The van der Waals surface area contributed by atoms with Crippen LogP contribution in [-0.2, 0) is 19.1 Å². The van der Waals surface area contributed by atoms with E-state index in [1.165, 1.54) is 0 Å². The summed E-state index contributed by atoms with van der Waals surface area (Å²) in [6.45, 7) is 1.58. The molecule has 2 amide bonds. The second-order valence-corrected chi connectivity index (χ2v) is 6.47. The second kappa shape index (κ2) is 10.2. The van der Waals surface area contributed by atoms with Crippen LogP contribution in [0, 0.1) is 6.92 Å². The highest BCUT2D eigenvalue weighted by Crippen LogP contribution is 2.10. The number of anilines is 2. The SMILES string of the molecule is Cc1cccc(NC(=O)CSCC(=O)OCC(=O)Nc2ccccc2)c1. The van der Waals surface area contributed by atoms with Crippen molar-refractivity contribution in [3.63, 3.8) is 0 Å². The van der Waals surface area contributed by atoms with E-state index < -0.39 is 11.9 Å². The van der Waals surface area contributed by atoms with E-state index in [-0.39, 0.29) is 24.0 Å². The number of hydrogen-bond acceptors (Lipinski definition) is 5. The molecule has 0 unspecified atom stereocenters. The van der Waals surface area contributed by atoms with Crippen LogP contribution in [0.15, 0.2) is 54.6 Å². The van der Waals surface area contributed by atoms with Crippen molar-refractivity contribution in [1.82, 2.24) is 0 Å². The van der Waals surface area contributed by atoms with Crippen LogP contribution in [0.25, 0.3) is 0 Å². The van der Waals surface area contributed by atoms with Crippen molar-refractivity contribution >= 4 is 40.9 Å². The Balaban J connectivity index is 1.61. The summed E-state index contributed by atoms with van der Waals surface area (Å²) in [4.78, 5) is 35.1. The van der Waals surface area contributed by atoms with Crippen molar-refractivity contribution in [3.8, 4) is 0 Å². The van der Waals surface area contributed by atoms with Crippen molar-refractivity contribution in [3.05, 3.63) is 60.2 Å². The highest BCUT2D eigenvalue weighted by molar-refractivity contribution is 8.00. The van der Waals surface area contributed by atoms with Crippen molar-refractivity contribution < 1.29 is 19.1 Å². The summed E-state index contributed by atoms with van der Waals surface area (Å²) >= 11 is 1.13. The van der Waals surface area contributed by atoms with Crippen LogP contribution in [-0.4, -0.2) is 35.9 Å². The fraction of sp³-hybridized carbons (Fsp3) is 0.211. The lowest BCUT2D eigenvalue weighted by Gasteiger charge is -2.07. The number of benzene rings is 2. The first-order chi connectivity index (χ1) is 12.5. The number of para-hydroxylation sites is 1. The van der Waals surface area contributed by atoms with Crippen molar-refractivity contribution in [2.24, 2.45) is 0 Å². The molecule has 0 saturated heterocycles. The van der Waals surface area contributed by atoms with Gasteiger partial charge < -0.3 is 15.4 Å². The van der Waals surface area contributed by atoms with Gasteiger partial charge in [0.1, 0.15) is 0 Å². The van der Waals surface area contributed by atoms with Gasteiger partial charge in [-0.2, -0.15) is 0 Å². The first-order valence-electron chi connectivity index (χ1n) is 7.98. The molecular weight excluding hydrogens is 352 g/mol. The van der Waals surface area contributed by atoms with Crippen molar-refractivity contribution in [2.75, 3.05) is 28.7 Å². The molecule has 2 aromatic rings. The minimum absolute atomic E-state index is 0.000144. The summed E-state index contributed by atoms with van der Waals surface area (Å²) in [5, 5.41) is 5.37. The summed E-state index contributed by atoms with van der Waals surface area (Å²) in [6.07, 6.45) is 0. The standard InChI is InChI=1S/C19H20N2O4S/c1-14-6-5-9-16(10-14)21-18(23)12-26-13-19(24)25-11-17(22)20-15-7-3-2-4-8-15/h2-10H,11-13H2,1H3,(H,20,22)(H,21,23). The van der Waals surface area contributed by atoms with E-state index in [9.17, 15) is 14.4 Å². The smallest absolute Gasteiger partial charge is 0.316 e. The molecule has 2 N–H and O–H groups in total. The first kappa shape index (κ1) is 19.5. The van der Waals surface area contributed by atoms with Gasteiger partial charge in [0.15, 0.2) is 6.61 Å². The van der Waals surface area contributed by atoms with Gasteiger partial charge in [0, 0.05) is 11.4 Å². The molecule has 0 saturated carbocycles. The highest BCUT2D eigenvalue weighted by atomic mass is 32.2. The largest absolute Gasteiger partial charge is 0.455 e. The van der Waals surface area contributed by atoms with E-state index in [0.29, 0.717) is 5.69 Å². The average molecular weight is 372 g/mol. The van der Waals surface area contributed by atoms with Crippen LogP contribution in [0.2, 0.25) is 0 Å². The van der Waals surface area contributed by atoms with Crippen LogP contribution in [0.3, 0.4) is 0 Å². The summed E-state index contributed by atoms with van der Waals surface area (Å²) in [5.74, 6) is -1.03. The maximum absolute atomic E-state index is 11.8. The van der Waals surface area contributed by atoms with Crippen LogP contribution >= 0.6 is 11.8 Å². The van der Waals surface area contributed by atoms with E-state index in [1.807, 2.05) is 31.2 Å². The third-order valence-electron chi connectivity index (χ3n) is 3.18. The summed E-state index contributed by atoms with van der Waals surface area (Å²) in [5.41, 5.74) is 2.40. The zero-order valence-electron chi connectivity index (χ0n) is 14.4. The van der Waals surface area contributed by atoms with E-state index in [2.05, 4.69) is 10.6 Å². The van der Waals surface area contributed by atoms with Gasteiger partial charge in [-0.05, 0) is 36.8 Å². The lowest BCUT2D eigenvalue weighted by Crippen LogP contribution is -2.22. The maximum atomic E-state index is 11.8. The summed E-state index contributed by atoms with van der Waals surface area (Å²) in [6, 6.07) is 16.4. The van der Waals surface area contributed by atoms with Gasteiger partial charge in [0.05, 0.1) is 11.5 Å². The Morgan fingerprint density at radius 2 is 1.58 bits per heavy atom. The minimum Gasteiger partial charge on any atom is -0.455 e. The second-order valence-electron chi connectivity index (χ2n) is 5.49. The number of hydrogen-bond donors (Lipinski definition) is 2. The predicted molar refractivity (Wildman–Crippen MR) is 103 cm³/mol. The van der Waals surface area contributed by atoms with Gasteiger partial charge in [-0.3, -0.25) is 14.4 Å². The van der Waals surface area contributed by atoms with E-state index >= 15 is 0 Å². The molecule has 0 atom stereocenters. The van der Waals surface area contributed by atoms with E-state index in [0.717, 1.165) is 23.0 Å². The molecule has 0 radical (unpaired) electrons. The van der Waals surface area contributed by atoms with Crippen molar-refractivity contribution in [2.45, 2.75) is 6.92 Å². The zero-order valence-corrected chi connectivity index (χ0v) is 15.2. The number of esters is 1. The number of carbonyl (C=O) groups excluding carboxylic acids is 3. The average Bonchev–Trinajstić information content (AvgIpc) is 2.61. The Kier molecular flexibility index (Phi) is 7.70. The molecule has 136 valence electrons. The molecule has 6 nitrogen and oxygen atoms in total. The molecule has 0 fully saturated rings. The fourth-order valence-electron chi connectivity index (χ4n) is 2.05. The Morgan fingerprint density at radius 1 is 0.885 bits per heavy atom. The molecule has 0 aliphatic heterocycles. The minimum atomic E-state index is -0.540. The predicted octanol–water partition coefficient (Wildman–Crippen LogP) is 2.85. The topological polar surface area (TPSA) is 84.5 Å². The van der Waals surface area contributed by atoms with Gasteiger partial charge in [-0.1, -0.05) is 30.3 Å². The zero-order chi connectivity index (χ0) is 18.8. The van der Waals surface area contributed by atoms with Gasteiger partial charge in [-0.15, -0.1) is 11.8 Å². The Bertz CT molecular complexity index is 765. The van der Waals surface area contributed by atoms with Crippen molar-refractivity contribution in [1.29, 1.82) is 0 Å². The first-order valence-corrected chi connectivity index (χ1v) is 9.13. The molecule has 0 aromatic heterocycles. The quantitative estimate of drug-likeness (QED) is 0.696. The molecule has 7 heteroatoms. The Morgan fingerprint density at radius 3 is 2.31 bits per heavy atom. The van der Waals surface area contributed by atoms with Gasteiger partial charge in [0.2, 0.25) is 5.91 Å². The Hall–Kier alpha value is -2.80.